The Balaban J connectivity index is 0.000000125. The van der Waals surface area contributed by atoms with Gasteiger partial charge in [0.2, 0.25) is 63.1 Å². The molecule has 3 amide bonds. The van der Waals surface area contributed by atoms with Crippen molar-refractivity contribution in [3.63, 3.8) is 0 Å². The number of hydrogen-bond acceptors (Lipinski definition) is 38. The van der Waals surface area contributed by atoms with Crippen molar-refractivity contribution in [3.8, 4) is 0 Å². The molecule has 8 N–H and O–H groups in total. The summed E-state index contributed by atoms with van der Waals surface area (Å²) < 4.78 is 296. The number of nitrogens with zero attached hydrogens (tertiary/aromatic N) is 12. The SMILES string of the molecule is [B]P1(=O)OC[C@H]2O[C@@H](n3cc(F)c4c(=O)[nH]cnc43)C(F)[C@H]2OP([B])(=O)OC[C@H]2O[C@@H](n3cc4c5c(ccnc53)NC(=O)CC4)[C@@H](F)C2O1.[B]P1(=O)OC[C@H]2O[C@@H](n3cc(F)c4c(=O)[nH]cnc43)C(F)[C@H]2OP([B])(=O)OC[C@H]2O[C@@H](n3cc4c5c(ccnc53)NC(=O)CC4)[C@@H](O)C2O1.[B]P1(=O)OC[C@H]2O[C@@H](n3cc(F)c4c(=O)[nH]cnc43)C(O)[C@H]2OP([B])(=O)OC[C@H]2O[C@@H](n3cc4c5c(ccnc53)NC(=O)CC4)[C@@H](F)C2O1. The van der Waals surface area contributed by atoms with E-state index >= 15 is 17.6 Å². The van der Waals surface area contributed by atoms with Gasteiger partial charge in [-0.05, 0) is 54.2 Å². The van der Waals surface area contributed by atoms with Gasteiger partial charge >= 0.3 is 0 Å². The monoisotopic (exact) mass is 2160 g/mol. The molecule has 0 bridgehead atoms. The van der Waals surface area contributed by atoms with Crippen LogP contribution in [0.2, 0.25) is 0 Å². The number of carbonyl (C=O) groups is 3. The molecule has 147 heavy (non-hydrogen) atoms. The summed E-state index contributed by atoms with van der Waals surface area (Å²) in [5.74, 6) is -3.59. The number of pyridine rings is 3. The van der Waals surface area contributed by atoms with Gasteiger partial charge in [-0.1, -0.05) is 0 Å². The highest BCUT2D eigenvalue weighted by atomic mass is 31.2. The third-order valence-corrected chi connectivity index (χ3v) is 32.5. The van der Waals surface area contributed by atoms with E-state index in [1.54, 1.807) is 36.8 Å². The minimum Gasteiger partial charge on any atom is -0.386 e. The first-order valence-corrected chi connectivity index (χ1v) is 54.3. The summed E-state index contributed by atoms with van der Waals surface area (Å²) in [5.41, 5.74) is 1.30. The third-order valence-electron chi connectivity index (χ3n) is 26.2. The molecule has 12 aliphatic heterocycles. The molecular weight excluding hydrogens is 2080 g/mol. The molecule has 24 heterocycles. The average Bonchev–Trinajstić information content (AvgIpc) is 1.57. The fourth-order valence-corrected chi connectivity index (χ4v) is 25.8. The van der Waals surface area contributed by atoms with Crippen LogP contribution >= 0.6 is 44.8 Å². The number of aromatic amines is 3. The van der Waals surface area contributed by atoms with Crippen LogP contribution in [0.1, 0.15) is 73.3 Å². The van der Waals surface area contributed by atoms with E-state index in [9.17, 15) is 79.5 Å². The van der Waals surface area contributed by atoms with Gasteiger partial charge < -0.3 is 142 Å². The third kappa shape index (κ3) is 19.0. The van der Waals surface area contributed by atoms with Gasteiger partial charge in [0.25, 0.3) is 61.5 Å². The fourth-order valence-electron chi connectivity index (χ4n) is 19.7. The first kappa shape index (κ1) is 102. The van der Waals surface area contributed by atoms with Crippen LogP contribution in [0.4, 0.5) is 47.8 Å². The Morgan fingerprint density at radius 1 is 0.306 bits per heavy atom. The van der Waals surface area contributed by atoms with Crippen LogP contribution in [-0.4, -0.2) is 295 Å². The normalized spacial score (nSPS) is 36.8. The summed E-state index contributed by atoms with van der Waals surface area (Å²) in [6.45, 7) is -4.54. The molecule has 0 spiro atoms. The summed E-state index contributed by atoms with van der Waals surface area (Å²) >= 11 is 0. The number of hydrogen-bond donors (Lipinski definition) is 8. The van der Waals surface area contributed by atoms with Gasteiger partial charge in [0.05, 0.1) is 75.7 Å². The topological polar surface area (TPSA) is 602 Å². The molecule has 24 rings (SSSR count). The predicted octanol–water partition coefficient (Wildman–Crippen LogP) is 5.96. The molecule has 0 aliphatic carbocycles. The fraction of sp³-hybridized carbons (Fsp3) is 0.462. The first-order chi connectivity index (χ1) is 69.9. The highest BCUT2D eigenvalue weighted by Crippen LogP contribution is 2.60. The van der Waals surface area contributed by atoms with E-state index in [1.807, 2.05) is 0 Å². The van der Waals surface area contributed by atoms with E-state index in [0.29, 0.717) is 69.3 Å². The van der Waals surface area contributed by atoms with Gasteiger partial charge in [0.1, 0.15) is 119 Å². The number of nitrogens with one attached hydrogen (secondary N) is 6. The van der Waals surface area contributed by atoms with Crippen LogP contribution in [0.5, 0.6) is 0 Å². The largest absolute Gasteiger partial charge is 0.386 e. The molecule has 12 radical (unpaired) electrons. The zero-order chi connectivity index (χ0) is 103. The van der Waals surface area contributed by atoms with Crippen LogP contribution in [-0.2, 0) is 144 Å². The second-order valence-corrected chi connectivity index (χ2v) is 44.8. The van der Waals surface area contributed by atoms with E-state index in [-0.39, 0.29) is 65.2 Å². The molecule has 30 atom stereocenters. The van der Waals surface area contributed by atoms with Crippen molar-refractivity contribution in [2.75, 3.05) is 55.6 Å². The molecule has 69 heteroatoms. The van der Waals surface area contributed by atoms with Crippen LogP contribution in [0.25, 0.3) is 66.2 Å². The van der Waals surface area contributed by atoms with Crippen molar-refractivity contribution in [1.29, 1.82) is 0 Å². The average molecular weight is 2160 g/mol. The molecule has 50 nitrogen and oxygen atoms in total. The van der Waals surface area contributed by atoms with Crippen LogP contribution in [0.15, 0.2) is 107 Å². The Labute approximate surface area is 824 Å². The van der Waals surface area contributed by atoms with Crippen LogP contribution in [0.3, 0.4) is 0 Å². The molecule has 9 fully saturated rings. The van der Waals surface area contributed by atoms with Gasteiger partial charge in [-0.3, -0.25) is 65.3 Å². The molecule has 0 aromatic carbocycles. The van der Waals surface area contributed by atoms with Gasteiger partial charge in [-0.15, -0.1) is 0 Å². The number of ether oxygens (including phenoxy) is 6. The van der Waals surface area contributed by atoms with Gasteiger partial charge in [-0.2, -0.15) is 0 Å². The van der Waals surface area contributed by atoms with Gasteiger partial charge in [0, 0.05) is 91.2 Å². The highest BCUT2D eigenvalue weighted by molar-refractivity contribution is 7.81. The number of aromatic nitrogens is 15. The lowest BCUT2D eigenvalue weighted by atomic mass is 10.1. The second-order valence-electron chi connectivity index (χ2n) is 35.5. The van der Waals surface area contributed by atoms with Crippen molar-refractivity contribution < 1.29 is 165 Å². The Hall–Kier alpha value is -9.78. The molecule has 12 unspecified atom stereocenters. The number of halogens is 7. The van der Waals surface area contributed by atoms with Gasteiger partial charge in [-0.25, -0.2) is 60.6 Å². The van der Waals surface area contributed by atoms with Crippen LogP contribution < -0.4 is 32.6 Å². The number of aliphatic hydroxyl groups is 2. The lowest BCUT2D eigenvalue weighted by Crippen LogP contribution is -2.38. The van der Waals surface area contributed by atoms with Crippen molar-refractivity contribution in [1.82, 2.24) is 72.3 Å². The minimum atomic E-state index is -4.70. The molecule has 12 aromatic rings. The Morgan fingerprint density at radius 2 is 0.524 bits per heavy atom. The summed E-state index contributed by atoms with van der Waals surface area (Å²) in [7, 11) is 7.35. The highest BCUT2D eigenvalue weighted by Gasteiger charge is 2.59. The number of aliphatic hydroxyl groups excluding tert-OH is 2. The standard InChI is InChI=1S/C26H23B2F3N6O10P2.2C26H24B2F2N6O11P2/c27-48(40)43-8-14-21(19(31)26(45-14)37-6-11(29)17-23(37)33-9-34-24(17)39)47-49(28,41)42-7-13-20(46-48)18(30)25(44-13)36-5-10-1-2-15(38)35-12-3-4-32-22(36)16(10)12;27-48(40)43-8-14-21(19(38)26(45-14)35-5-10-1-2-15(37)34-12-3-4-31-22(35)16(10)12)47-49(28,41)42-7-13-20(46-48)18(30)25(44-13)36-6-11(29)17-23(36)32-9-33-24(17)39;27-48(40)43-8-14-21(19(38)26(45-14)36-6-11(29)17-23(36)32-9-33-24(17)39)47-49(28,41)42-7-13-20(46-48)18(30)25(44-13)35-5-10-1-2-15(37)34-12-3-4-31-22(35)16(10)12/h3-6,9,13-14,18-21,25-26H,1-2,7-8H2,(H,35,38)(H,33,34,39);2*3-6,9,13-14,18-21,25-26,38H,1-2,7-8H2,(H,34,37)(H,32,33,39)/t13-,14-,18+,19?,20?,21+,25-,26-,48?,49?;13-,14-,18?,19+,20+,21?,25-,26-,48?,49?;13-,14-,18+,19?,20?,21+,25-,26-,48?,49?/m111/s1. The van der Waals surface area contributed by atoms with E-state index < -0.39 is 282 Å². The molecular formula is C78H71B6F7N18O32P6. The summed E-state index contributed by atoms with van der Waals surface area (Å²) in [6.07, 6.45) is -24.0. The number of carbonyl (C=O) groups excluding carboxylic acids is 3. The number of fused-ring (bicyclic) bond motifs is 9. The van der Waals surface area contributed by atoms with Gasteiger partial charge in [0.15, 0.2) is 96.4 Å². The Morgan fingerprint density at radius 3 is 0.789 bits per heavy atom. The second kappa shape index (κ2) is 38.5. The zero-order valence-corrected chi connectivity index (χ0v) is 80.2. The number of amides is 3. The predicted molar refractivity (Wildman–Crippen MR) is 491 cm³/mol. The van der Waals surface area contributed by atoms with Crippen molar-refractivity contribution in [2.45, 2.75) is 186 Å². The Bertz CT molecular complexity index is 7170. The number of alkyl halides is 4. The van der Waals surface area contributed by atoms with E-state index in [4.69, 9.17) is 128 Å². The number of aryl methyl sites for hydroxylation is 3. The number of rotatable bonds is 6. The summed E-state index contributed by atoms with van der Waals surface area (Å²) in [5, 5.41) is 31.5. The number of H-pyrrole nitrogens is 3. The molecule has 12 aliphatic rings. The molecule has 762 valence electrons. The summed E-state index contributed by atoms with van der Waals surface area (Å²) in [4.78, 5) is 105. The maximum atomic E-state index is 16.3. The maximum Gasteiger partial charge on any atom is 0.264 e. The summed E-state index contributed by atoms with van der Waals surface area (Å²) in [6, 6.07) is 4.85. The van der Waals surface area contributed by atoms with E-state index in [2.05, 4.69) is 60.8 Å². The van der Waals surface area contributed by atoms with E-state index in [0.717, 1.165) is 56.8 Å². The lowest BCUT2D eigenvalue weighted by Gasteiger charge is -2.30. The Kier molecular flexibility index (Phi) is 26.7. The first-order valence-electron chi connectivity index (χ1n) is 44.6. The number of anilines is 3. The van der Waals surface area contributed by atoms with Crippen molar-refractivity contribution in [3.05, 3.63) is 158 Å². The smallest absolute Gasteiger partial charge is 0.264 e. The maximum absolute atomic E-state index is 16.3. The minimum absolute atomic E-state index is 0.169. The molecule has 9 saturated heterocycles. The van der Waals surface area contributed by atoms with Crippen molar-refractivity contribution >= 4 is 191 Å². The quantitative estimate of drug-likeness (QED) is 0.0540. The lowest BCUT2D eigenvalue weighted by molar-refractivity contribution is -0.116. The molecule has 12 aromatic heterocycles. The van der Waals surface area contributed by atoms with Crippen LogP contribution in [0, 0.1) is 17.5 Å². The van der Waals surface area contributed by atoms with E-state index in [1.165, 1.54) is 32.3 Å². The van der Waals surface area contributed by atoms with Crippen molar-refractivity contribution in [2.24, 2.45) is 0 Å². The molecule has 0 saturated carbocycles. The zero-order valence-electron chi connectivity index (χ0n) is 74.8.